The summed E-state index contributed by atoms with van der Waals surface area (Å²) in [7, 11) is 1.29. The fourth-order valence-electron chi connectivity index (χ4n) is 1.50. The highest BCUT2D eigenvalue weighted by Crippen LogP contribution is 2.10. The molecule has 0 atom stereocenters. The first-order valence-electron chi connectivity index (χ1n) is 5.90. The first-order valence-corrected chi connectivity index (χ1v) is 5.90. The zero-order valence-electron chi connectivity index (χ0n) is 11.0. The molecule has 1 heterocycles. The molecule has 0 saturated heterocycles. The molecule has 1 aromatic carbocycles. The minimum Gasteiger partial charge on any atom is -0.465 e. The molecule has 108 valence electrons. The second kappa shape index (κ2) is 6.33. The van der Waals surface area contributed by atoms with Gasteiger partial charge in [-0.25, -0.2) is 14.7 Å². The van der Waals surface area contributed by atoms with Crippen LogP contribution in [0.25, 0.3) is 0 Å². The van der Waals surface area contributed by atoms with E-state index in [9.17, 15) is 14.4 Å². The molecule has 21 heavy (non-hydrogen) atoms. The number of H-pyrrole nitrogens is 1. The molecule has 8 nitrogen and oxygen atoms in total. The van der Waals surface area contributed by atoms with Crippen molar-refractivity contribution in [1.82, 2.24) is 10.2 Å². The Morgan fingerprint density at radius 1 is 1.10 bits per heavy atom. The molecule has 3 N–H and O–H groups in total. The highest BCUT2D eigenvalue weighted by Gasteiger charge is 2.06. The highest BCUT2D eigenvalue weighted by atomic mass is 16.5. The number of nitrogens with zero attached hydrogens (tertiary/aromatic N) is 1. The molecule has 0 aliphatic heterocycles. The summed E-state index contributed by atoms with van der Waals surface area (Å²) in [6, 6.07) is 8.27. The quantitative estimate of drug-likeness (QED) is 0.734. The molecule has 1 aromatic heterocycles. The topological polar surface area (TPSA) is 113 Å². The minimum absolute atomic E-state index is 0.207. The van der Waals surface area contributed by atoms with Crippen molar-refractivity contribution >= 4 is 23.5 Å². The average molecular weight is 288 g/mol. The minimum atomic E-state index is -0.527. The summed E-state index contributed by atoms with van der Waals surface area (Å²) in [6.07, 6.45) is 0. The summed E-state index contributed by atoms with van der Waals surface area (Å²) >= 11 is 0. The van der Waals surface area contributed by atoms with Gasteiger partial charge in [-0.05, 0) is 30.3 Å². The summed E-state index contributed by atoms with van der Waals surface area (Å²) in [4.78, 5) is 33.8. The van der Waals surface area contributed by atoms with E-state index in [1.807, 2.05) is 0 Å². The molecule has 0 aliphatic carbocycles. The molecule has 0 aliphatic rings. The Morgan fingerprint density at radius 3 is 2.38 bits per heavy atom. The lowest BCUT2D eigenvalue weighted by Crippen LogP contribution is -2.21. The van der Waals surface area contributed by atoms with Crippen LogP contribution < -0.4 is 16.2 Å². The van der Waals surface area contributed by atoms with Gasteiger partial charge in [-0.1, -0.05) is 0 Å². The third-order valence-electron chi connectivity index (χ3n) is 2.48. The molecule has 2 aromatic rings. The number of carbonyl (C=O) groups is 2. The summed E-state index contributed by atoms with van der Waals surface area (Å²) in [6.45, 7) is 0. The fourth-order valence-corrected chi connectivity index (χ4v) is 1.50. The zero-order chi connectivity index (χ0) is 15.2. The van der Waals surface area contributed by atoms with Crippen molar-refractivity contribution < 1.29 is 14.3 Å². The van der Waals surface area contributed by atoms with Gasteiger partial charge in [0.25, 0.3) is 5.56 Å². The maximum Gasteiger partial charge on any atom is 0.337 e. The Bertz CT molecular complexity index is 688. The first kappa shape index (κ1) is 14.3. The molecule has 0 unspecified atom stereocenters. The molecule has 0 saturated carbocycles. The molecule has 8 heteroatoms. The number of benzene rings is 1. The third kappa shape index (κ3) is 3.90. The maximum absolute atomic E-state index is 11.7. The Kier molecular flexibility index (Phi) is 4.30. The number of esters is 1. The molecule has 0 fully saturated rings. The smallest absolute Gasteiger partial charge is 0.337 e. The van der Waals surface area contributed by atoms with Crippen molar-refractivity contribution in [3.8, 4) is 0 Å². The van der Waals surface area contributed by atoms with E-state index in [2.05, 4.69) is 25.6 Å². The fraction of sp³-hybridized carbons (Fsp3) is 0.0769. The molecular weight excluding hydrogens is 276 g/mol. The predicted molar refractivity (Wildman–Crippen MR) is 75.3 cm³/mol. The average Bonchev–Trinajstić information content (AvgIpc) is 2.49. The number of urea groups is 1. The molecule has 0 radical (unpaired) electrons. The largest absolute Gasteiger partial charge is 0.465 e. The number of methoxy groups -OCH3 is 1. The lowest BCUT2D eigenvalue weighted by Gasteiger charge is -2.07. The number of rotatable bonds is 3. The SMILES string of the molecule is COC(=O)c1ccc(NC(=O)Nc2ccc(=O)[nH]n2)cc1. The van der Waals surface area contributed by atoms with Gasteiger partial charge in [0.05, 0.1) is 12.7 Å². The van der Waals surface area contributed by atoms with Gasteiger partial charge >= 0.3 is 12.0 Å². The van der Waals surface area contributed by atoms with Crippen molar-refractivity contribution in [1.29, 1.82) is 0 Å². The van der Waals surface area contributed by atoms with Crippen LogP contribution in [0.2, 0.25) is 0 Å². The Balaban J connectivity index is 1.97. The number of hydrogen-bond acceptors (Lipinski definition) is 5. The van der Waals surface area contributed by atoms with Crippen LogP contribution in [0, 0.1) is 0 Å². The van der Waals surface area contributed by atoms with Gasteiger partial charge in [0.15, 0.2) is 5.82 Å². The van der Waals surface area contributed by atoms with Gasteiger partial charge in [0.1, 0.15) is 0 Å². The summed E-state index contributed by atoms with van der Waals surface area (Å²) in [5.74, 6) is -0.248. The van der Waals surface area contributed by atoms with E-state index in [1.54, 1.807) is 12.1 Å². The van der Waals surface area contributed by atoms with Crippen molar-refractivity contribution in [3.63, 3.8) is 0 Å². The second-order valence-electron chi connectivity index (χ2n) is 3.95. The van der Waals surface area contributed by atoms with Crippen LogP contribution in [0.4, 0.5) is 16.3 Å². The molecule has 2 amide bonds. The van der Waals surface area contributed by atoms with Crippen molar-refractivity contribution in [3.05, 3.63) is 52.3 Å². The van der Waals surface area contributed by atoms with Crippen molar-refractivity contribution in [2.45, 2.75) is 0 Å². The molecule has 0 spiro atoms. The first-order chi connectivity index (χ1) is 10.1. The number of ether oxygens (including phenoxy) is 1. The van der Waals surface area contributed by atoms with Gasteiger partial charge in [-0.3, -0.25) is 10.1 Å². The molecule has 0 bridgehead atoms. The number of nitrogens with one attached hydrogen (secondary N) is 3. The van der Waals surface area contributed by atoms with E-state index in [4.69, 9.17) is 0 Å². The number of anilines is 2. The van der Waals surface area contributed by atoms with E-state index >= 15 is 0 Å². The van der Waals surface area contributed by atoms with Gasteiger partial charge in [0.2, 0.25) is 0 Å². The van der Waals surface area contributed by atoms with Crippen LogP contribution in [-0.4, -0.2) is 29.3 Å². The van der Waals surface area contributed by atoms with Gasteiger partial charge < -0.3 is 10.1 Å². The third-order valence-corrected chi connectivity index (χ3v) is 2.48. The van der Waals surface area contributed by atoms with Crippen LogP contribution in [-0.2, 0) is 4.74 Å². The second-order valence-corrected chi connectivity index (χ2v) is 3.95. The van der Waals surface area contributed by atoms with Crippen LogP contribution in [0.1, 0.15) is 10.4 Å². The standard InChI is InChI=1S/C13H12N4O4/c1-21-12(19)8-2-4-9(5-3-8)14-13(20)15-10-6-7-11(18)17-16-10/h2-7H,1H3,(H,17,18)(H2,14,15,16,20). The number of amides is 2. The molecule has 2 rings (SSSR count). The van der Waals surface area contributed by atoms with Gasteiger partial charge in [-0.15, -0.1) is 0 Å². The predicted octanol–water partition coefficient (Wildman–Crippen LogP) is 1.20. The summed E-state index contributed by atoms with van der Waals surface area (Å²) in [5, 5.41) is 10.8. The van der Waals surface area contributed by atoms with E-state index in [0.717, 1.165) is 0 Å². The Hall–Kier alpha value is -3.16. The Morgan fingerprint density at radius 2 is 1.81 bits per heavy atom. The number of hydrogen-bond donors (Lipinski definition) is 3. The normalized spacial score (nSPS) is 9.76. The van der Waals surface area contributed by atoms with E-state index in [-0.39, 0.29) is 11.4 Å². The van der Waals surface area contributed by atoms with Crippen LogP contribution in [0.3, 0.4) is 0 Å². The number of aromatic amines is 1. The van der Waals surface area contributed by atoms with Crippen molar-refractivity contribution in [2.24, 2.45) is 0 Å². The van der Waals surface area contributed by atoms with E-state index < -0.39 is 12.0 Å². The number of carbonyl (C=O) groups excluding carboxylic acids is 2. The van der Waals surface area contributed by atoms with Crippen LogP contribution in [0.5, 0.6) is 0 Å². The lowest BCUT2D eigenvalue weighted by molar-refractivity contribution is 0.0601. The molecular formula is C13H12N4O4. The monoisotopic (exact) mass is 288 g/mol. The van der Waals surface area contributed by atoms with Crippen LogP contribution in [0.15, 0.2) is 41.2 Å². The highest BCUT2D eigenvalue weighted by molar-refractivity contribution is 5.99. The lowest BCUT2D eigenvalue weighted by atomic mass is 10.2. The van der Waals surface area contributed by atoms with E-state index in [0.29, 0.717) is 11.3 Å². The van der Waals surface area contributed by atoms with E-state index in [1.165, 1.54) is 31.4 Å². The van der Waals surface area contributed by atoms with Crippen LogP contribution >= 0.6 is 0 Å². The summed E-state index contributed by atoms with van der Waals surface area (Å²) < 4.78 is 4.57. The summed E-state index contributed by atoms with van der Waals surface area (Å²) in [5.41, 5.74) is 0.509. The van der Waals surface area contributed by atoms with Gasteiger partial charge in [-0.2, -0.15) is 5.10 Å². The zero-order valence-corrected chi connectivity index (χ0v) is 11.0. The van der Waals surface area contributed by atoms with Gasteiger partial charge in [0, 0.05) is 11.8 Å². The van der Waals surface area contributed by atoms with Crippen molar-refractivity contribution in [2.75, 3.05) is 17.7 Å². The maximum atomic E-state index is 11.7. The number of aromatic nitrogens is 2. The Labute approximate surface area is 119 Å².